The van der Waals surface area contributed by atoms with E-state index >= 15 is 0 Å². The van der Waals surface area contributed by atoms with Crippen molar-refractivity contribution in [3.63, 3.8) is 0 Å². The van der Waals surface area contributed by atoms with Crippen molar-refractivity contribution in [3.05, 3.63) is 83.6 Å². The number of oxazole rings is 1. The Hall–Kier alpha value is -3.28. The van der Waals surface area contributed by atoms with Crippen LogP contribution in [0.1, 0.15) is 49.4 Å². The molecule has 0 aliphatic carbocycles. The first-order chi connectivity index (χ1) is 14.4. The molecule has 0 saturated heterocycles. The highest BCUT2D eigenvalue weighted by molar-refractivity contribution is 5.70. The van der Waals surface area contributed by atoms with Gasteiger partial charge in [-0.2, -0.15) is 0 Å². The number of carbonyl (C=O) groups excluding carboxylic acids is 1. The zero-order valence-corrected chi connectivity index (χ0v) is 17.5. The molecule has 2 heterocycles. The van der Waals surface area contributed by atoms with Gasteiger partial charge in [0.1, 0.15) is 30.3 Å². The van der Waals surface area contributed by atoms with E-state index in [0.717, 1.165) is 16.7 Å². The molecule has 30 heavy (non-hydrogen) atoms. The summed E-state index contributed by atoms with van der Waals surface area (Å²) >= 11 is 0. The number of carbonyl (C=O) groups is 1. The molecule has 6 heteroatoms. The van der Waals surface area contributed by atoms with Crippen LogP contribution in [-0.2, 0) is 17.8 Å². The fourth-order valence-electron chi connectivity index (χ4n) is 3.65. The van der Waals surface area contributed by atoms with Crippen LogP contribution in [0.5, 0.6) is 5.75 Å². The number of fused-ring (bicyclic) bond motifs is 1. The smallest absolute Gasteiger partial charge is 0.411 e. The average Bonchev–Trinajstić information content (AvgIpc) is 3.25. The van der Waals surface area contributed by atoms with Crippen LogP contribution >= 0.6 is 0 Å². The lowest BCUT2D eigenvalue weighted by Crippen LogP contribution is -2.43. The molecule has 3 aromatic rings. The lowest BCUT2D eigenvalue weighted by molar-refractivity contribution is 0.0152. The molecule has 1 aliphatic heterocycles. The number of amides is 1. The monoisotopic (exact) mass is 406 g/mol. The zero-order valence-electron chi connectivity index (χ0n) is 17.5. The normalized spacial score (nSPS) is 16.1. The van der Waals surface area contributed by atoms with Gasteiger partial charge in [0, 0.05) is 12.1 Å². The molecular weight excluding hydrogens is 380 g/mol. The Kier molecular flexibility index (Phi) is 5.48. The number of benzene rings is 2. The van der Waals surface area contributed by atoms with E-state index in [-0.39, 0.29) is 0 Å². The van der Waals surface area contributed by atoms with E-state index in [0.29, 0.717) is 31.2 Å². The lowest BCUT2D eigenvalue weighted by atomic mass is 9.91. The van der Waals surface area contributed by atoms with E-state index in [1.165, 1.54) is 6.26 Å². The second-order valence-corrected chi connectivity index (χ2v) is 8.30. The predicted molar refractivity (Wildman–Crippen MR) is 112 cm³/mol. The molecule has 1 atom stereocenters. The van der Waals surface area contributed by atoms with Gasteiger partial charge in [0.15, 0.2) is 0 Å². The van der Waals surface area contributed by atoms with Crippen LogP contribution in [0.25, 0.3) is 0 Å². The van der Waals surface area contributed by atoms with Crippen LogP contribution < -0.4 is 4.74 Å². The number of hydrogen-bond acceptors (Lipinski definition) is 5. The van der Waals surface area contributed by atoms with E-state index < -0.39 is 17.7 Å². The fraction of sp³-hybridized carbons (Fsp3) is 0.333. The van der Waals surface area contributed by atoms with Crippen molar-refractivity contribution in [3.8, 4) is 5.75 Å². The molecule has 1 amide bonds. The minimum atomic E-state index is -0.595. The molecule has 4 rings (SSSR count). The van der Waals surface area contributed by atoms with Crippen LogP contribution in [0, 0.1) is 0 Å². The van der Waals surface area contributed by atoms with Crippen molar-refractivity contribution in [2.24, 2.45) is 0 Å². The SMILES string of the molecule is CC(C)(C)OC(=O)N1CCc2cccc(OCc3ccccc3)c2C1c1ncco1. The molecule has 0 spiro atoms. The molecule has 2 aromatic carbocycles. The Bertz CT molecular complexity index is 994. The van der Waals surface area contributed by atoms with Crippen molar-refractivity contribution < 1.29 is 18.7 Å². The molecule has 0 N–H and O–H groups in total. The van der Waals surface area contributed by atoms with Crippen molar-refractivity contribution in [1.29, 1.82) is 0 Å². The van der Waals surface area contributed by atoms with Gasteiger partial charge in [-0.05, 0) is 44.4 Å². The van der Waals surface area contributed by atoms with Gasteiger partial charge in [-0.15, -0.1) is 0 Å². The third-order valence-electron chi connectivity index (χ3n) is 4.91. The van der Waals surface area contributed by atoms with Gasteiger partial charge in [0.25, 0.3) is 0 Å². The number of aromatic nitrogens is 1. The van der Waals surface area contributed by atoms with E-state index in [1.54, 1.807) is 11.1 Å². The molecule has 1 unspecified atom stereocenters. The first-order valence-corrected chi connectivity index (χ1v) is 10.1. The Morgan fingerprint density at radius 1 is 1.17 bits per heavy atom. The van der Waals surface area contributed by atoms with Gasteiger partial charge in [0.05, 0.1) is 6.20 Å². The molecule has 0 radical (unpaired) electrons. The van der Waals surface area contributed by atoms with E-state index in [4.69, 9.17) is 13.9 Å². The maximum Gasteiger partial charge on any atom is 0.411 e. The van der Waals surface area contributed by atoms with Gasteiger partial charge >= 0.3 is 6.09 Å². The van der Waals surface area contributed by atoms with E-state index in [9.17, 15) is 4.79 Å². The lowest BCUT2D eigenvalue weighted by Gasteiger charge is -2.37. The number of ether oxygens (including phenoxy) is 2. The fourth-order valence-corrected chi connectivity index (χ4v) is 3.65. The quantitative estimate of drug-likeness (QED) is 0.600. The Morgan fingerprint density at radius 3 is 2.67 bits per heavy atom. The largest absolute Gasteiger partial charge is 0.489 e. The van der Waals surface area contributed by atoms with Crippen molar-refractivity contribution in [2.75, 3.05) is 6.54 Å². The summed E-state index contributed by atoms with van der Waals surface area (Å²) in [6.45, 7) is 6.52. The van der Waals surface area contributed by atoms with Gasteiger partial charge < -0.3 is 13.9 Å². The molecule has 1 aromatic heterocycles. The summed E-state index contributed by atoms with van der Waals surface area (Å²) in [5.41, 5.74) is 2.49. The first-order valence-electron chi connectivity index (χ1n) is 10.1. The molecule has 0 fully saturated rings. The summed E-state index contributed by atoms with van der Waals surface area (Å²) < 4.78 is 17.5. The summed E-state index contributed by atoms with van der Waals surface area (Å²) in [5, 5.41) is 0. The van der Waals surface area contributed by atoms with Crippen molar-refractivity contribution >= 4 is 6.09 Å². The zero-order chi connectivity index (χ0) is 21.1. The molecule has 0 saturated carbocycles. The first kappa shape index (κ1) is 20.0. The topological polar surface area (TPSA) is 64.8 Å². The number of nitrogens with zero attached hydrogens (tertiary/aromatic N) is 2. The minimum absolute atomic E-state index is 0.394. The van der Waals surface area contributed by atoms with E-state index in [1.807, 2.05) is 63.2 Å². The summed E-state index contributed by atoms with van der Waals surface area (Å²) in [6.07, 6.45) is 3.41. The van der Waals surface area contributed by atoms with Gasteiger partial charge in [-0.25, -0.2) is 9.78 Å². The highest BCUT2D eigenvalue weighted by Gasteiger charge is 2.39. The highest BCUT2D eigenvalue weighted by Crippen LogP contribution is 2.41. The van der Waals surface area contributed by atoms with Gasteiger partial charge in [-0.3, -0.25) is 4.90 Å². The number of rotatable bonds is 4. The molecule has 6 nitrogen and oxygen atoms in total. The highest BCUT2D eigenvalue weighted by atomic mass is 16.6. The van der Waals surface area contributed by atoms with Crippen LogP contribution in [0.2, 0.25) is 0 Å². The molecule has 1 aliphatic rings. The third kappa shape index (κ3) is 4.32. The molecular formula is C24H26N2O4. The standard InChI is InChI=1S/C24H26N2O4/c1-24(2,3)30-23(27)26-14-12-18-10-7-11-19(29-16-17-8-5-4-6-9-17)20(18)21(26)22-25-13-15-28-22/h4-11,13,15,21H,12,14,16H2,1-3H3. The predicted octanol–water partition coefficient (Wildman–Crippen LogP) is 5.14. The average molecular weight is 406 g/mol. The van der Waals surface area contributed by atoms with Crippen LogP contribution in [0.4, 0.5) is 4.79 Å². The van der Waals surface area contributed by atoms with Gasteiger partial charge in [0.2, 0.25) is 5.89 Å². The third-order valence-corrected chi connectivity index (χ3v) is 4.91. The Balaban J connectivity index is 1.70. The minimum Gasteiger partial charge on any atom is -0.489 e. The maximum absolute atomic E-state index is 13.0. The van der Waals surface area contributed by atoms with Crippen LogP contribution in [0.3, 0.4) is 0 Å². The van der Waals surface area contributed by atoms with Gasteiger partial charge in [-0.1, -0.05) is 42.5 Å². The van der Waals surface area contributed by atoms with Crippen LogP contribution in [-0.4, -0.2) is 28.1 Å². The summed E-state index contributed by atoms with van der Waals surface area (Å²) in [5.74, 6) is 1.16. The second-order valence-electron chi connectivity index (χ2n) is 8.30. The van der Waals surface area contributed by atoms with Crippen LogP contribution in [0.15, 0.2) is 65.4 Å². The summed E-state index contributed by atoms with van der Waals surface area (Å²) in [7, 11) is 0. The maximum atomic E-state index is 13.0. The second kappa shape index (κ2) is 8.22. The molecule has 156 valence electrons. The van der Waals surface area contributed by atoms with E-state index in [2.05, 4.69) is 11.1 Å². The van der Waals surface area contributed by atoms with Crippen molar-refractivity contribution in [2.45, 2.75) is 45.4 Å². The molecule has 0 bridgehead atoms. The Morgan fingerprint density at radius 2 is 1.97 bits per heavy atom. The number of hydrogen-bond donors (Lipinski definition) is 0. The summed E-state index contributed by atoms with van der Waals surface area (Å²) in [4.78, 5) is 19.0. The van der Waals surface area contributed by atoms with Crippen molar-refractivity contribution in [1.82, 2.24) is 9.88 Å². The Labute approximate surface area is 176 Å². The summed E-state index contributed by atoms with van der Waals surface area (Å²) in [6, 6.07) is 15.5.